The minimum absolute atomic E-state index is 0.0256. The molecule has 0 amide bonds. The number of nitrogens with one attached hydrogen (secondary N) is 1. The first-order valence-electron chi connectivity index (χ1n) is 6.99. The largest absolute Gasteiger partial charge is 0.365 e. The fourth-order valence-electron chi connectivity index (χ4n) is 3.25. The predicted molar refractivity (Wildman–Crippen MR) is 79.9 cm³/mol. The number of alkyl halides is 1. The Balaban J connectivity index is 1.92. The van der Waals surface area contributed by atoms with Crippen LogP contribution < -0.4 is 5.32 Å². The van der Waals surface area contributed by atoms with Gasteiger partial charge in [-0.3, -0.25) is 4.40 Å². The fraction of sp³-hybridized carbons (Fsp3) is 0.533. The summed E-state index contributed by atoms with van der Waals surface area (Å²) in [5.41, 5.74) is 0.996. The van der Waals surface area contributed by atoms with Crippen LogP contribution in [0.1, 0.15) is 32.6 Å². The normalized spacial score (nSPS) is 27.6. The Hall–Kier alpha value is -1.22. The van der Waals surface area contributed by atoms with Crippen LogP contribution in [0.15, 0.2) is 30.6 Å². The van der Waals surface area contributed by atoms with E-state index in [9.17, 15) is 0 Å². The molecule has 2 aromatic heterocycles. The van der Waals surface area contributed by atoms with E-state index in [1.807, 2.05) is 24.5 Å². The maximum atomic E-state index is 6.29. The highest BCUT2D eigenvalue weighted by atomic mass is 35.5. The number of fused-ring (bicyclic) bond motifs is 1. The molecular weight excluding hydrogens is 258 g/mol. The van der Waals surface area contributed by atoms with Crippen molar-refractivity contribution in [2.75, 3.05) is 11.2 Å². The van der Waals surface area contributed by atoms with Crippen molar-refractivity contribution in [3.63, 3.8) is 0 Å². The Morgan fingerprint density at radius 1 is 1.53 bits per heavy atom. The molecule has 3 nitrogen and oxygen atoms in total. The van der Waals surface area contributed by atoms with Crippen LogP contribution in [0.25, 0.3) is 5.65 Å². The number of imidazole rings is 1. The van der Waals surface area contributed by atoms with E-state index in [-0.39, 0.29) is 5.54 Å². The molecule has 1 aliphatic rings. The van der Waals surface area contributed by atoms with Gasteiger partial charge < -0.3 is 5.32 Å². The molecule has 0 radical (unpaired) electrons. The zero-order chi connectivity index (χ0) is 13.3. The van der Waals surface area contributed by atoms with E-state index in [1.165, 1.54) is 12.8 Å². The molecule has 102 valence electrons. The Labute approximate surface area is 119 Å². The Morgan fingerprint density at radius 2 is 2.42 bits per heavy atom. The molecule has 1 N–H and O–H groups in total. The Morgan fingerprint density at radius 3 is 3.21 bits per heavy atom. The van der Waals surface area contributed by atoms with Gasteiger partial charge in [0.05, 0.1) is 5.54 Å². The van der Waals surface area contributed by atoms with E-state index in [4.69, 9.17) is 11.6 Å². The molecule has 0 aliphatic heterocycles. The van der Waals surface area contributed by atoms with Gasteiger partial charge >= 0.3 is 0 Å². The number of halogens is 1. The molecular formula is C15H20ClN3. The maximum absolute atomic E-state index is 6.29. The summed E-state index contributed by atoms with van der Waals surface area (Å²) in [7, 11) is 0. The average molecular weight is 278 g/mol. The highest BCUT2D eigenvalue weighted by Gasteiger charge is 2.34. The standard InChI is InChI=1S/C15H20ClN3/c1-12-4-3-7-15(10-12,11-16)18-14-6-2-5-13-17-8-9-19(13)14/h2,5-6,8-9,12,18H,3-4,7,10-11H2,1H3. The van der Waals surface area contributed by atoms with Crippen molar-refractivity contribution < 1.29 is 0 Å². The van der Waals surface area contributed by atoms with E-state index < -0.39 is 0 Å². The summed E-state index contributed by atoms with van der Waals surface area (Å²) >= 11 is 6.29. The number of aromatic nitrogens is 2. The number of rotatable bonds is 3. The molecule has 0 spiro atoms. The lowest BCUT2D eigenvalue weighted by molar-refractivity contribution is 0.279. The lowest BCUT2D eigenvalue weighted by Crippen LogP contribution is -2.44. The molecule has 4 heteroatoms. The van der Waals surface area contributed by atoms with Crippen LogP contribution in [0.3, 0.4) is 0 Å². The fourth-order valence-corrected chi connectivity index (χ4v) is 3.56. The van der Waals surface area contributed by atoms with Crippen LogP contribution >= 0.6 is 11.6 Å². The van der Waals surface area contributed by atoms with Crippen molar-refractivity contribution in [2.24, 2.45) is 5.92 Å². The molecule has 2 aromatic rings. The summed E-state index contributed by atoms with van der Waals surface area (Å²) in [4.78, 5) is 4.33. The number of pyridine rings is 1. The lowest BCUT2D eigenvalue weighted by Gasteiger charge is -2.40. The minimum Gasteiger partial charge on any atom is -0.365 e. The first kappa shape index (κ1) is 12.8. The zero-order valence-electron chi connectivity index (χ0n) is 11.3. The number of anilines is 1. The molecule has 2 heterocycles. The summed E-state index contributed by atoms with van der Waals surface area (Å²) in [6.07, 6.45) is 8.67. The third kappa shape index (κ3) is 2.44. The minimum atomic E-state index is 0.0256. The van der Waals surface area contributed by atoms with E-state index >= 15 is 0 Å². The summed E-state index contributed by atoms with van der Waals surface area (Å²) in [5, 5.41) is 3.69. The molecule has 3 rings (SSSR count). The molecule has 2 atom stereocenters. The van der Waals surface area contributed by atoms with Crippen molar-refractivity contribution in [1.29, 1.82) is 0 Å². The van der Waals surface area contributed by atoms with Gasteiger partial charge in [-0.2, -0.15) is 0 Å². The number of hydrogen-bond acceptors (Lipinski definition) is 2. The number of hydrogen-bond donors (Lipinski definition) is 1. The van der Waals surface area contributed by atoms with Gasteiger partial charge in [0.25, 0.3) is 0 Å². The van der Waals surface area contributed by atoms with Crippen molar-refractivity contribution in [3.05, 3.63) is 30.6 Å². The maximum Gasteiger partial charge on any atom is 0.138 e. The summed E-state index contributed by atoms with van der Waals surface area (Å²) in [6.45, 7) is 2.32. The summed E-state index contributed by atoms with van der Waals surface area (Å²) in [6, 6.07) is 6.16. The van der Waals surface area contributed by atoms with Gasteiger partial charge in [-0.25, -0.2) is 4.98 Å². The molecule has 0 aromatic carbocycles. The molecule has 1 saturated carbocycles. The monoisotopic (exact) mass is 277 g/mol. The van der Waals surface area contributed by atoms with Gasteiger partial charge in [0.1, 0.15) is 11.5 Å². The van der Waals surface area contributed by atoms with Crippen molar-refractivity contribution >= 4 is 23.1 Å². The van der Waals surface area contributed by atoms with Gasteiger partial charge in [0.15, 0.2) is 0 Å². The van der Waals surface area contributed by atoms with Crippen LogP contribution in [0.4, 0.5) is 5.82 Å². The van der Waals surface area contributed by atoms with Crippen LogP contribution in [0.5, 0.6) is 0 Å². The second-order valence-electron chi connectivity index (χ2n) is 5.81. The highest BCUT2D eigenvalue weighted by molar-refractivity contribution is 6.18. The van der Waals surface area contributed by atoms with E-state index in [0.29, 0.717) is 5.88 Å². The molecule has 0 bridgehead atoms. The number of nitrogens with zero attached hydrogens (tertiary/aromatic N) is 2. The Bertz CT molecular complexity index is 565. The van der Waals surface area contributed by atoms with Crippen molar-refractivity contribution in [2.45, 2.75) is 38.1 Å². The first-order chi connectivity index (χ1) is 9.22. The molecule has 0 saturated heterocycles. The van der Waals surface area contributed by atoms with E-state index in [2.05, 4.69) is 27.7 Å². The zero-order valence-corrected chi connectivity index (χ0v) is 12.0. The average Bonchev–Trinajstić information content (AvgIpc) is 2.88. The third-order valence-electron chi connectivity index (χ3n) is 4.17. The van der Waals surface area contributed by atoms with Gasteiger partial charge in [-0.05, 0) is 30.9 Å². The van der Waals surface area contributed by atoms with Crippen LogP contribution in [-0.2, 0) is 0 Å². The highest BCUT2D eigenvalue weighted by Crippen LogP contribution is 2.36. The van der Waals surface area contributed by atoms with Crippen molar-refractivity contribution in [1.82, 2.24) is 9.38 Å². The molecule has 19 heavy (non-hydrogen) atoms. The lowest BCUT2D eigenvalue weighted by atomic mass is 9.77. The third-order valence-corrected chi connectivity index (χ3v) is 4.68. The Kier molecular flexibility index (Phi) is 3.40. The van der Waals surface area contributed by atoms with Crippen molar-refractivity contribution in [3.8, 4) is 0 Å². The van der Waals surface area contributed by atoms with Crippen LogP contribution in [-0.4, -0.2) is 20.8 Å². The van der Waals surface area contributed by atoms with Gasteiger partial charge in [-0.1, -0.05) is 25.8 Å². The van der Waals surface area contributed by atoms with Gasteiger partial charge in [0.2, 0.25) is 0 Å². The topological polar surface area (TPSA) is 29.3 Å². The van der Waals surface area contributed by atoms with Gasteiger partial charge in [0, 0.05) is 18.3 Å². The van der Waals surface area contributed by atoms with Gasteiger partial charge in [-0.15, -0.1) is 11.6 Å². The van der Waals surface area contributed by atoms with E-state index in [0.717, 1.165) is 30.2 Å². The summed E-state index contributed by atoms with van der Waals surface area (Å²) < 4.78 is 2.09. The second kappa shape index (κ2) is 5.04. The quantitative estimate of drug-likeness (QED) is 0.861. The van der Waals surface area contributed by atoms with Crippen LogP contribution in [0.2, 0.25) is 0 Å². The summed E-state index contributed by atoms with van der Waals surface area (Å²) in [5.74, 6) is 2.48. The predicted octanol–water partition coefficient (Wildman–Crippen LogP) is 3.93. The second-order valence-corrected chi connectivity index (χ2v) is 6.07. The molecule has 1 fully saturated rings. The molecule has 2 unspecified atom stereocenters. The molecule has 1 aliphatic carbocycles. The van der Waals surface area contributed by atoms with E-state index in [1.54, 1.807) is 0 Å². The SMILES string of the molecule is CC1CCCC(CCl)(Nc2cccc3nccn23)C1. The first-order valence-corrected chi connectivity index (χ1v) is 7.52. The van der Waals surface area contributed by atoms with Crippen LogP contribution in [0, 0.1) is 5.92 Å². The smallest absolute Gasteiger partial charge is 0.138 e.